The van der Waals surface area contributed by atoms with Gasteiger partial charge in [-0.25, -0.2) is 0 Å². The first kappa shape index (κ1) is 22.1. The number of hydrogen-bond donors (Lipinski definition) is 4. The summed E-state index contributed by atoms with van der Waals surface area (Å²) in [5.41, 5.74) is -0.347. The zero-order valence-electron chi connectivity index (χ0n) is 15.2. The lowest BCUT2D eigenvalue weighted by molar-refractivity contribution is -0.113. The van der Waals surface area contributed by atoms with Crippen molar-refractivity contribution in [1.82, 2.24) is 4.72 Å². The highest BCUT2D eigenvalue weighted by atomic mass is 35.5. The molecule has 2 aromatic carbocycles. The predicted octanol–water partition coefficient (Wildman–Crippen LogP) is 3.40. The van der Waals surface area contributed by atoms with Crippen LogP contribution in [0.3, 0.4) is 0 Å². The van der Waals surface area contributed by atoms with E-state index in [0.29, 0.717) is 5.69 Å². The van der Waals surface area contributed by atoms with Gasteiger partial charge in [0.1, 0.15) is 22.9 Å². The van der Waals surface area contributed by atoms with Crippen molar-refractivity contribution >= 4 is 39.2 Å². The second-order valence-corrected chi connectivity index (χ2v) is 7.35. The number of phenols is 1. The Bertz CT molecular complexity index is 1080. The number of halogens is 1. The molecule has 0 unspecified atom stereocenters. The summed E-state index contributed by atoms with van der Waals surface area (Å²) < 4.78 is 29.6. The van der Waals surface area contributed by atoms with Crippen LogP contribution in [0.25, 0.3) is 0 Å². The molecule has 0 fully saturated rings. The number of aliphatic hydroxyl groups is 1. The number of carbonyl (C=O) groups excluding carboxylic acids is 1. The van der Waals surface area contributed by atoms with E-state index in [1.807, 2.05) is 4.72 Å². The Kier molecular flexibility index (Phi) is 7.15. The van der Waals surface area contributed by atoms with Crippen LogP contribution in [-0.2, 0) is 15.1 Å². The highest BCUT2D eigenvalue weighted by molar-refractivity contribution is 7.85. The van der Waals surface area contributed by atoms with Crippen LogP contribution in [-0.4, -0.2) is 31.6 Å². The summed E-state index contributed by atoms with van der Waals surface area (Å²) in [4.78, 5) is 12.4. The van der Waals surface area contributed by atoms with Crippen LogP contribution < -0.4 is 14.2 Å². The Labute approximate surface area is 171 Å². The zero-order valence-corrected chi connectivity index (χ0v) is 16.8. The number of hydrogen-bond acceptors (Lipinski definition) is 8. The summed E-state index contributed by atoms with van der Waals surface area (Å²) in [6.45, 7) is 1.22. The lowest BCUT2D eigenvalue weighted by atomic mass is 10.3. The van der Waals surface area contributed by atoms with Gasteiger partial charge in [-0.1, -0.05) is 23.7 Å². The number of allylic oxidation sites excluding steroid dienone is 1. The van der Waals surface area contributed by atoms with Crippen LogP contribution in [0.15, 0.2) is 64.1 Å². The van der Waals surface area contributed by atoms with Gasteiger partial charge in [-0.05, 0) is 31.2 Å². The number of phenolic OH excluding ortho intramolecular Hbond substituents is 1. The van der Waals surface area contributed by atoms with E-state index in [-0.39, 0.29) is 22.2 Å². The Morgan fingerprint density at radius 1 is 1.21 bits per heavy atom. The maximum absolute atomic E-state index is 12.4. The fraction of sp³-hybridized carbons (Fsp3) is 0.118. The molecule has 154 valence electrons. The molecule has 0 saturated carbocycles. The molecule has 12 heteroatoms. The summed E-state index contributed by atoms with van der Waals surface area (Å²) in [5, 5.41) is 29.8. The first-order chi connectivity index (χ1) is 13.6. The summed E-state index contributed by atoms with van der Waals surface area (Å²) in [5.74, 6) is -1.75. The molecule has 4 N–H and O–H groups in total. The van der Waals surface area contributed by atoms with Crippen molar-refractivity contribution in [3.05, 3.63) is 58.9 Å². The number of carbonyl (C=O) groups is 1. The molecule has 0 heterocycles. The molecule has 0 aromatic heterocycles. The predicted molar refractivity (Wildman–Crippen MR) is 107 cm³/mol. The zero-order chi connectivity index (χ0) is 21.6. The van der Waals surface area contributed by atoms with Gasteiger partial charge in [0.2, 0.25) is 0 Å². The van der Waals surface area contributed by atoms with Crippen molar-refractivity contribution < 1.29 is 27.6 Å². The quantitative estimate of drug-likeness (QED) is 0.294. The van der Waals surface area contributed by atoms with Gasteiger partial charge >= 0.3 is 10.3 Å². The first-order valence-corrected chi connectivity index (χ1v) is 9.75. The van der Waals surface area contributed by atoms with Gasteiger partial charge < -0.3 is 19.7 Å². The normalized spacial score (nSPS) is 12.5. The van der Waals surface area contributed by atoms with Gasteiger partial charge in [0.25, 0.3) is 5.91 Å². The molecule has 0 atom stereocenters. The highest BCUT2D eigenvalue weighted by Gasteiger charge is 2.16. The molecule has 0 radical (unpaired) electrons. The minimum Gasteiger partial charge on any atom is -0.510 e. The molecule has 2 rings (SSSR count). The number of nitrogens with zero attached hydrogens (tertiary/aromatic N) is 2. The standard InChI is InChI=1S/C17H17ClN4O6S/c1-10(23)16(17(25)20-13-6-4-3-5-12(13)18)22-21-14-9-11(7-8-15(14)24)28-29(26,27)19-2/h3-9,19,23-24H,1-2H3,(H,20,25)/b16-10-,22-21?. The van der Waals surface area contributed by atoms with Crippen molar-refractivity contribution in [3.8, 4) is 11.5 Å². The third-order valence-corrected chi connectivity index (χ3v) is 4.58. The molecule has 1 amide bonds. The number of anilines is 1. The van der Waals surface area contributed by atoms with E-state index in [1.54, 1.807) is 24.3 Å². The number of rotatable bonds is 7. The van der Waals surface area contributed by atoms with Gasteiger partial charge in [0, 0.05) is 13.1 Å². The van der Waals surface area contributed by atoms with Gasteiger partial charge in [0.05, 0.1) is 10.7 Å². The van der Waals surface area contributed by atoms with Crippen molar-refractivity contribution in [2.24, 2.45) is 10.2 Å². The molecule has 10 nitrogen and oxygen atoms in total. The molecule has 0 bridgehead atoms. The van der Waals surface area contributed by atoms with E-state index in [2.05, 4.69) is 15.5 Å². The Hall–Kier alpha value is -3.15. The molecule has 0 spiro atoms. The van der Waals surface area contributed by atoms with Crippen LogP contribution in [0.4, 0.5) is 11.4 Å². The summed E-state index contributed by atoms with van der Waals surface area (Å²) in [7, 11) is -2.87. The minimum absolute atomic E-state index is 0.155. The van der Waals surface area contributed by atoms with E-state index in [9.17, 15) is 23.4 Å². The topological polar surface area (TPSA) is 150 Å². The second-order valence-electron chi connectivity index (χ2n) is 5.46. The van der Waals surface area contributed by atoms with E-state index in [1.165, 1.54) is 13.0 Å². The Morgan fingerprint density at radius 3 is 2.52 bits per heavy atom. The molecular formula is C17H17ClN4O6S. The smallest absolute Gasteiger partial charge is 0.382 e. The molecule has 0 aliphatic carbocycles. The fourth-order valence-electron chi connectivity index (χ4n) is 1.93. The average Bonchev–Trinajstić information content (AvgIpc) is 2.65. The third-order valence-electron chi connectivity index (χ3n) is 3.34. The van der Waals surface area contributed by atoms with Crippen LogP contribution in [0.1, 0.15) is 6.92 Å². The molecular weight excluding hydrogens is 424 g/mol. The number of nitrogens with one attached hydrogen (secondary N) is 2. The SMILES string of the molecule is CNS(=O)(=O)Oc1ccc(O)c(N=N/C(C(=O)Nc2ccccc2Cl)=C(/C)O)c1. The molecule has 0 saturated heterocycles. The van der Waals surface area contributed by atoms with Crippen molar-refractivity contribution in [3.63, 3.8) is 0 Å². The van der Waals surface area contributed by atoms with Crippen molar-refractivity contribution in [2.45, 2.75) is 6.92 Å². The van der Waals surface area contributed by atoms with E-state index < -0.39 is 27.7 Å². The number of amides is 1. The Morgan fingerprint density at radius 2 is 1.90 bits per heavy atom. The van der Waals surface area contributed by atoms with Crippen LogP contribution in [0, 0.1) is 0 Å². The van der Waals surface area contributed by atoms with Crippen LogP contribution in [0.2, 0.25) is 5.02 Å². The van der Waals surface area contributed by atoms with Crippen LogP contribution >= 0.6 is 11.6 Å². The van der Waals surface area contributed by atoms with E-state index in [4.69, 9.17) is 15.8 Å². The summed E-state index contributed by atoms with van der Waals surface area (Å²) >= 11 is 5.98. The number of aromatic hydroxyl groups is 1. The molecule has 0 aliphatic heterocycles. The van der Waals surface area contributed by atoms with Gasteiger partial charge in [0.15, 0.2) is 5.70 Å². The van der Waals surface area contributed by atoms with Gasteiger partial charge in [-0.15, -0.1) is 10.2 Å². The largest absolute Gasteiger partial charge is 0.510 e. The van der Waals surface area contributed by atoms with E-state index in [0.717, 1.165) is 19.2 Å². The lowest BCUT2D eigenvalue weighted by Crippen LogP contribution is -2.24. The van der Waals surface area contributed by atoms with Gasteiger partial charge in [-0.2, -0.15) is 13.1 Å². The number of para-hydroxylation sites is 1. The fourth-order valence-corrected chi connectivity index (χ4v) is 2.56. The first-order valence-electron chi connectivity index (χ1n) is 7.96. The number of azo groups is 1. The lowest BCUT2D eigenvalue weighted by Gasteiger charge is -2.08. The van der Waals surface area contributed by atoms with Crippen LogP contribution in [0.5, 0.6) is 11.5 Å². The van der Waals surface area contributed by atoms with Crippen molar-refractivity contribution in [2.75, 3.05) is 12.4 Å². The summed E-state index contributed by atoms with van der Waals surface area (Å²) in [6.07, 6.45) is 0. The van der Waals surface area contributed by atoms with Gasteiger partial charge in [-0.3, -0.25) is 4.79 Å². The van der Waals surface area contributed by atoms with Crippen molar-refractivity contribution in [1.29, 1.82) is 0 Å². The molecule has 0 aliphatic rings. The number of aliphatic hydroxyl groups excluding tert-OH is 1. The Balaban J connectivity index is 2.28. The highest BCUT2D eigenvalue weighted by Crippen LogP contribution is 2.32. The average molecular weight is 441 g/mol. The monoisotopic (exact) mass is 440 g/mol. The third kappa shape index (κ3) is 6.17. The van der Waals surface area contributed by atoms with E-state index >= 15 is 0 Å². The summed E-state index contributed by atoms with van der Waals surface area (Å²) in [6, 6.07) is 9.87. The molecule has 29 heavy (non-hydrogen) atoms. The second kappa shape index (κ2) is 9.37. The minimum atomic E-state index is -4.03. The maximum Gasteiger partial charge on any atom is 0.382 e. The molecule has 2 aromatic rings. The maximum atomic E-state index is 12.4. The number of benzene rings is 2.